The highest BCUT2D eigenvalue weighted by Crippen LogP contribution is 2.36. The molecule has 1 aliphatic rings. The molecule has 3 heterocycles. The maximum atomic E-state index is 12.6. The molecule has 3 aromatic rings. The summed E-state index contributed by atoms with van der Waals surface area (Å²) in [5, 5.41) is 5.07. The average Bonchev–Trinajstić information content (AvgIpc) is 3.29. The highest BCUT2D eigenvalue weighted by atomic mass is 32.1. The summed E-state index contributed by atoms with van der Waals surface area (Å²) in [5.74, 6) is 0.838. The molecule has 0 radical (unpaired) electrons. The van der Waals surface area contributed by atoms with Gasteiger partial charge in [0.25, 0.3) is 5.91 Å². The molecular weight excluding hydrogens is 350 g/mol. The molecule has 136 valence electrons. The lowest BCUT2D eigenvalue weighted by Gasteiger charge is -2.34. The largest absolute Gasteiger partial charge is 0.494 e. The number of rotatable bonds is 3. The Kier molecular flexibility index (Phi) is 4.28. The van der Waals surface area contributed by atoms with Gasteiger partial charge in [-0.15, -0.1) is 0 Å². The summed E-state index contributed by atoms with van der Waals surface area (Å²) in [5.41, 5.74) is 2.74. The minimum atomic E-state index is 0.0338. The maximum Gasteiger partial charge on any atom is 0.272 e. The van der Waals surface area contributed by atoms with Crippen LogP contribution >= 0.6 is 11.3 Å². The Morgan fingerprint density at radius 3 is 2.62 bits per heavy atom. The molecule has 0 aliphatic carbocycles. The van der Waals surface area contributed by atoms with Crippen molar-refractivity contribution in [3.63, 3.8) is 0 Å². The Morgan fingerprint density at radius 1 is 1.19 bits per heavy atom. The first-order chi connectivity index (χ1) is 12.6. The molecule has 0 saturated carbocycles. The van der Waals surface area contributed by atoms with E-state index in [1.165, 1.54) is 5.56 Å². The summed E-state index contributed by atoms with van der Waals surface area (Å²) in [4.78, 5) is 21.5. The monoisotopic (exact) mass is 371 g/mol. The smallest absolute Gasteiger partial charge is 0.272 e. The van der Waals surface area contributed by atoms with Crippen molar-refractivity contribution in [2.24, 2.45) is 7.05 Å². The van der Waals surface area contributed by atoms with Crippen LogP contribution in [-0.4, -0.2) is 58.9 Å². The van der Waals surface area contributed by atoms with Gasteiger partial charge in [-0.05, 0) is 24.6 Å². The van der Waals surface area contributed by atoms with E-state index >= 15 is 0 Å². The molecule has 26 heavy (non-hydrogen) atoms. The average molecular weight is 371 g/mol. The van der Waals surface area contributed by atoms with Crippen LogP contribution in [0.1, 0.15) is 16.1 Å². The highest BCUT2D eigenvalue weighted by Gasteiger charge is 2.25. The lowest BCUT2D eigenvalue weighted by atomic mass is 10.2. The first-order valence-electron chi connectivity index (χ1n) is 8.55. The standard InChI is InChI=1S/C18H21N5O2S/c1-12-4-5-14(25-3)15-16(12)26-18(20-15)23-10-8-22(9-11-23)17(24)13-6-7-19-21(13)2/h4-7H,8-11H2,1-3H3. The number of nitrogens with zero attached hydrogens (tertiary/aromatic N) is 5. The van der Waals surface area contributed by atoms with Gasteiger partial charge < -0.3 is 14.5 Å². The van der Waals surface area contributed by atoms with Crippen molar-refractivity contribution < 1.29 is 9.53 Å². The van der Waals surface area contributed by atoms with E-state index < -0.39 is 0 Å². The number of aromatic nitrogens is 3. The topological polar surface area (TPSA) is 63.5 Å². The number of carbonyl (C=O) groups is 1. The van der Waals surface area contributed by atoms with Crippen molar-refractivity contribution in [3.8, 4) is 5.75 Å². The van der Waals surface area contributed by atoms with Crippen LogP contribution in [-0.2, 0) is 7.05 Å². The Balaban J connectivity index is 1.52. The maximum absolute atomic E-state index is 12.6. The number of benzene rings is 1. The third-order valence-corrected chi connectivity index (χ3v) is 6.04. The number of aryl methyl sites for hydroxylation is 2. The molecule has 1 fully saturated rings. The lowest BCUT2D eigenvalue weighted by molar-refractivity contribution is 0.0735. The van der Waals surface area contributed by atoms with Crippen LogP contribution in [0, 0.1) is 6.92 Å². The second-order valence-corrected chi connectivity index (χ2v) is 7.36. The van der Waals surface area contributed by atoms with Crippen molar-refractivity contribution >= 4 is 32.6 Å². The van der Waals surface area contributed by atoms with Gasteiger partial charge in [0, 0.05) is 39.4 Å². The van der Waals surface area contributed by atoms with Gasteiger partial charge in [0.15, 0.2) is 5.13 Å². The number of methoxy groups -OCH3 is 1. The zero-order valence-corrected chi connectivity index (χ0v) is 15.9. The molecule has 1 amide bonds. The lowest BCUT2D eigenvalue weighted by Crippen LogP contribution is -2.49. The summed E-state index contributed by atoms with van der Waals surface area (Å²) < 4.78 is 8.23. The van der Waals surface area contributed by atoms with Crippen LogP contribution < -0.4 is 9.64 Å². The molecule has 8 heteroatoms. The fraction of sp³-hybridized carbons (Fsp3) is 0.389. The van der Waals surface area contributed by atoms with Crippen LogP contribution in [0.3, 0.4) is 0 Å². The van der Waals surface area contributed by atoms with Gasteiger partial charge in [0.1, 0.15) is 17.0 Å². The molecule has 1 aromatic carbocycles. The minimum absolute atomic E-state index is 0.0338. The Hall–Kier alpha value is -2.61. The molecular formula is C18H21N5O2S. The van der Waals surface area contributed by atoms with Gasteiger partial charge in [0.2, 0.25) is 0 Å². The number of carbonyl (C=O) groups excluding carboxylic acids is 1. The fourth-order valence-corrected chi connectivity index (χ4v) is 4.35. The number of fused-ring (bicyclic) bond motifs is 1. The molecule has 1 aliphatic heterocycles. The predicted octanol–water partition coefficient (Wildman–Crippen LogP) is 2.31. The van der Waals surface area contributed by atoms with Crippen molar-refractivity contribution in [1.29, 1.82) is 0 Å². The number of hydrogen-bond donors (Lipinski definition) is 0. The summed E-state index contributed by atoms with van der Waals surface area (Å²) in [6.07, 6.45) is 1.65. The van der Waals surface area contributed by atoms with E-state index in [4.69, 9.17) is 9.72 Å². The van der Waals surface area contributed by atoms with E-state index in [1.807, 2.05) is 11.0 Å². The van der Waals surface area contributed by atoms with Crippen LogP contribution in [0.2, 0.25) is 0 Å². The molecule has 0 spiro atoms. The van der Waals surface area contributed by atoms with Crippen molar-refractivity contribution in [1.82, 2.24) is 19.7 Å². The molecule has 0 unspecified atom stereocenters. The number of anilines is 1. The molecule has 0 N–H and O–H groups in total. The van der Waals surface area contributed by atoms with Crippen molar-refractivity contribution in [3.05, 3.63) is 35.7 Å². The van der Waals surface area contributed by atoms with Crippen LogP contribution in [0.25, 0.3) is 10.2 Å². The number of piperazine rings is 1. The van der Waals surface area contributed by atoms with Gasteiger partial charge in [-0.2, -0.15) is 5.10 Å². The van der Waals surface area contributed by atoms with Crippen molar-refractivity contribution in [2.75, 3.05) is 38.2 Å². The summed E-state index contributed by atoms with van der Waals surface area (Å²) in [7, 11) is 3.46. The zero-order chi connectivity index (χ0) is 18.3. The number of ether oxygens (including phenoxy) is 1. The molecule has 1 saturated heterocycles. The predicted molar refractivity (Wildman–Crippen MR) is 102 cm³/mol. The van der Waals surface area contributed by atoms with Crippen LogP contribution in [0.15, 0.2) is 24.4 Å². The van der Waals surface area contributed by atoms with Crippen LogP contribution in [0.5, 0.6) is 5.75 Å². The molecule has 4 rings (SSSR count). The van der Waals surface area contributed by atoms with Gasteiger partial charge in [0.05, 0.1) is 11.8 Å². The highest BCUT2D eigenvalue weighted by molar-refractivity contribution is 7.22. The van der Waals surface area contributed by atoms with Gasteiger partial charge in [-0.3, -0.25) is 9.48 Å². The Morgan fingerprint density at radius 2 is 1.96 bits per heavy atom. The second-order valence-electron chi connectivity index (χ2n) is 6.38. The SMILES string of the molecule is COc1ccc(C)c2sc(N3CCN(C(=O)c4ccnn4C)CC3)nc12. The van der Waals surface area contributed by atoms with Crippen molar-refractivity contribution in [2.45, 2.75) is 6.92 Å². The molecule has 7 nitrogen and oxygen atoms in total. The quantitative estimate of drug-likeness (QED) is 0.707. The van der Waals surface area contributed by atoms with E-state index in [2.05, 4.69) is 23.0 Å². The van der Waals surface area contributed by atoms with Gasteiger partial charge in [-0.1, -0.05) is 17.4 Å². The normalized spacial score (nSPS) is 14.9. The number of amides is 1. The Bertz CT molecular complexity index is 956. The minimum Gasteiger partial charge on any atom is -0.494 e. The van der Waals surface area contributed by atoms with Gasteiger partial charge in [-0.25, -0.2) is 4.98 Å². The summed E-state index contributed by atoms with van der Waals surface area (Å²) >= 11 is 1.69. The number of thiazole rings is 1. The first-order valence-corrected chi connectivity index (χ1v) is 9.36. The number of hydrogen-bond acceptors (Lipinski definition) is 6. The van der Waals surface area contributed by atoms with E-state index in [0.29, 0.717) is 18.8 Å². The van der Waals surface area contributed by atoms with Crippen LogP contribution in [0.4, 0.5) is 5.13 Å². The third kappa shape index (κ3) is 2.80. The molecule has 2 aromatic heterocycles. The summed E-state index contributed by atoms with van der Waals surface area (Å²) in [6.45, 7) is 4.98. The van der Waals surface area contributed by atoms with E-state index in [9.17, 15) is 4.79 Å². The van der Waals surface area contributed by atoms with E-state index in [1.54, 1.807) is 42.4 Å². The van der Waals surface area contributed by atoms with Gasteiger partial charge >= 0.3 is 0 Å². The molecule has 0 bridgehead atoms. The van der Waals surface area contributed by atoms with E-state index in [-0.39, 0.29) is 5.91 Å². The Labute approximate surface area is 155 Å². The third-order valence-electron chi connectivity index (χ3n) is 4.79. The zero-order valence-electron chi connectivity index (χ0n) is 15.1. The molecule has 0 atom stereocenters. The first kappa shape index (κ1) is 16.8. The fourth-order valence-electron chi connectivity index (χ4n) is 3.24. The van der Waals surface area contributed by atoms with E-state index in [0.717, 1.165) is 34.2 Å². The summed E-state index contributed by atoms with van der Waals surface area (Å²) in [6, 6.07) is 5.79. The second kappa shape index (κ2) is 6.60.